The molecule has 3 atom stereocenters. The summed E-state index contributed by atoms with van der Waals surface area (Å²) in [4.78, 5) is 85.4. The standard InChI is InChI=1S/C25H40N6O10S/c1-15(2)22(24(37)29-17(16(3)32)8-7-12-27-25(26)38)30-23(36)18(14-42(39,40)41)28-19(33)9-5-4-6-13-31-20(34)10-11-21(31)35/h10-11,15,17-18,22H,4-9,12-14H2,1-3H3,(H,28,33)(H,29,37)(H,30,36)(H3,26,27,38)(H,39,40,41)/t17-,18-,22-/m1/s1. The third-order valence-electron chi connectivity index (χ3n) is 6.24. The molecule has 1 aliphatic heterocycles. The number of imide groups is 1. The lowest BCUT2D eigenvalue weighted by molar-refractivity contribution is -0.137. The summed E-state index contributed by atoms with van der Waals surface area (Å²) in [6.45, 7) is 4.80. The van der Waals surface area contributed by atoms with Gasteiger partial charge in [0.15, 0.2) is 5.78 Å². The van der Waals surface area contributed by atoms with E-state index in [1.807, 2.05) is 0 Å². The first-order valence-electron chi connectivity index (χ1n) is 13.4. The Kier molecular flexibility index (Phi) is 14.8. The largest absolute Gasteiger partial charge is 0.352 e. The molecule has 0 fully saturated rings. The fourth-order valence-corrected chi connectivity index (χ4v) is 4.64. The fraction of sp³-hybridized carbons (Fsp3) is 0.640. The van der Waals surface area contributed by atoms with Gasteiger partial charge in [0.25, 0.3) is 21.9 Å². The van der Waals surface area contributed by atoms with Gasteiger partial charge in [0.2, 0.25) is 17.7 Å². The van der Waals surface area contributed by atoms with Crippen LogP contribution in [0.1, 0.15) is 59.3 Å². The number of rotatable bonds is 19. The number of Topliss-reactive ketones (excluding diaryl/α,β-unsaturated/α-hetero) is 1. The summed E-state index contributed by atoms with van der Waals surface area (Å²) >= 11 is 0. The van der Waals surface area contributed by atoms with Crippen molar-refractivity contribution in [3.63, 3.8) is 0 Å². The van der Waals surface area contributed by atoms with Gasteiger partial charge < -0.3 is 27.0 Å². The minimum Gasteiger partial charge on any atom is -0.352 e. The lowest BCUT2D eigenvalue weighted by Gasteiger charge is -2.26. The minimum atomic E-state index is -4.72. The van der Waals surface area contributed by atoms with Crippen molar-refractivity contribution in [2.24, 2.45) is 11.7 Å². The highest BCUT2D eigenvalue weighted by molar-refractivity contribution is 7.85. The predicted molar refractivity (Wildman–Crippen MR) is 149 cm³/mol. The number of nitrogens with one attached hydrogen (secondary N) is 4. The SMILES string of the molecule is CC(=O)[C@@H](CCCNC(N)=O)NC(=O)[C@H](NC(=O)[C@@H](CS(=O)(=O)O)NC(=O)CCCCCN1C(=O)C=CC1=O)C(C)C. The highest BCUT2D eigenvalue weighted by atomic mass is 32.2. The topological polar surface area (TPSA) is 251 Å². The molecule has 0 unspecified atom stereocenters. The van der Waals surface area contributed by atoms with E-state index >= 15 is 0 Å². The van der Waals surface area contributed by atoms with Crippen molar-refractivity contribution in [1.29, 1.82) is 0 Å². The van der Waals surface area contributed by atoms with Gasteiger partial charge in [-0.2, -0.15) is 8.42 Å². The Hall–Kier alpha value is -3.86. The van der Waals surface area contributed by atoms with Crippen molar-refractivity contribution in [3.05, 3.63) is 12.2 Å². The molecule has 0 radical (unpaired) electrons. The third kappa shape index (κ3) is 13.7. The van der Waals surface area contributed by atoms with Gasteiger partial charge in [-0.25, -0.2) is 4.79 Å². The van der Waals surface area contributed by atoms with Gasteiger partial charge in [0.1, 0.15) is 17.8 Å². The number of hydrogen-bond acceptors (Lipinski definition) is 9. The van der Waals surface area contributed by atoms with E-state index in [-0.39, 0.29) is 31.7 Å². The summed E-state index contributed by atoms with van der Waals surface area (Å²) in [6, 6.07) is -4.62. The van der Waals surface area contributed by atoms with Crippen LogP contribution in [0.3, 0.4) is 0 Å². The quantitative estimate of drug-likeness (QED) is 0.0557. The highest BCUT2D eigenvalue weighted by Crippen LogP contribution is 2.09. The third-order valence-corrected chi connectivity index (χ3v) is 6.99. The molecule has 1 aliphatic rings. The van der Waals surface area contributed by atoms with E-state index in [2.05, 4.69) is 21.3 Å². The van der Waals surface area contributed by atoms with Crippen LogP contribution < -0.4 is 27.0 Å². The van der Waals surface area contributed by atoms with Crippen molar-refractivity contribution in [2.75, 3.05) is 18.8 Å². The molecule has 16 nitrogen and oxygen atoms in total. The van der Waals surface area contributed by atoms with E-state index < -0.39 is 75.5 Å². The number of unbranched alkanes of at least 4 members (excludes halogenated alkanes) is 2. The molecule has 17 heteroatoms. The number of carbonyl (C=O) groups is 7. The van der Waals surface area contributed by atoms with Crippen LogP contribution in [0.15, 0.2) is 12.2 Å². The van der Waals surface area contributed by atoms with Gasteiger partial charge in [0, 0.05) is 31.7 Å². The van der Waals surface area contributed by atoms with Gasteiger partial charge >= 0.3 is 6.03 Å². The summed E-state index contributed by atoms with van der Waals surface area (Å²) in [5.74, 6) is -5.35. The van der Waals surface area contributed by atoms with E-state index in [1.54, 1.807) is 13.8 Å². The van der Waals surface area contributed by atoms with Crippen LogP contribution in [0.25, 0.3) is 0 Å². The van der Waals surface area contributed by atoms with Crippen molar-refractivity contribution < 1.29 is 46.5 Å². The van der Waals surface area contributed by atoms with E-state index in [0.717, 1.165) is 17.1 Å². The summed E-state index contributed by atoms with van der Waals surface area (Å²) < 4.78 is 32.4. The summed E-state index contributed by atoms with van der Waals surface area (Å²) in [5.41, 5.74) is 5.00. The normalized spacial score (nSPS) is 15.2. The molecular formula is C25H40N6O10S. The average Bonchev–Trinajstić information content (AvgIpc) is 3.18. The maximum absolute atomic E-state index is 13.0. The van der Waals surface area contributed by atoms with E-state index in [1.165, 1.54) is 6.92 Å². The lowest BCUT2D eigenvalue weighted by Crippen LogP contribution is -2.58. The van der Waals surface area contributed by atoms with E-state index in [4.69, 9.17) is 5.73 Å². The molecule has 0 aliphatic carbocycles. The van der Waals surface area contributed by atoms with Crippen LogP contribution in [0.5, 0.6) is 0 Å². The van der Waals surface area contributed by atoms with Crippen molar-refractivity contribution >= 4 is 51.5 Å². The lowest BCUT2D eigenvalue weighted by atomic mass is 10.0. The number of ketones is 1. The molecule has 0 spiro atoms. The second-order valence-electron chi connectivity index (χ2n) is 10.2. The Labute approximate surface area is 244 Å². The van der Waals surface area contributed by atoms with Gasteiger partial charge in [0.05, 0.1) is 6.04 Å². The summed E-state index contributed by atoms with van der Waals surface area (Å²) in [7, 11) is -4.72. The fourth-order valence-electron chi connectivity index (χ4n) is 3.99. The minimum absolute atomic E-state index is 0.117. The van der Waals surface area contributed by atoms with Gasteiger partial charge in [-0.05, 0) is 38.5 Å². The van der Waals surface area contributed by atoms with Crippen LogP contribution in [0.4, 0.5) is 4.79 Å². The molecule has 7 amide bonds. The molecule has 0 saturated carbocycles. The Morgan fingerprint density at radius 1 is 0.905 bits per heavy atom. The zero-order valence-corrected chi connectivity index (χ0v) is 24.7. The van der Waals surface area contributed by atoms with E-state index in [9.17, 15) is 46.5 Å². The summed E-state index contributed by atoms with van der Waals surface area (Å²) in [5, 5.41) is 9.54. The highest BCUT2D eigenvalue weighted by Gasteiger charge is 2.32. The number of nitrogens with two attached hydrogens (primary N) is 1. The van der Waals surface area contributed by atoms with Crippen LogP contribution in [0, 0.1) is 5.92 Å². The zero-order valence-electron chi connectivity index (χ0n) is 23.9. The molecule has 7 N–H and O–H groups in total. The Bertz CT molecular complexity index is 1150. The predicted octanol–water partition coefficient (Wildman–Crippen LogP) is -1.49. The number of amides is 7. The molecule has 1 rings (SSSR count). The van der Waals surface area contributed by atoms with Gasteiger partial charge in [-0.15, -0.1) is 0 Å². The average molecular weight is 617 g/mol. The monoisotopic (exact) mass is 616 g/mol. The Morgan fingerprint density at radius 2 is 1.52 bits per heavy atom. The Balaban J connectivity index is 2.75. The van der Waals surface area contributed by atoms with Crippen molar-refractivity contribution in [1.82, 2.24) is 26.2 Å². The molecule has 0 aromatic heterocycles. The number of nitrogens with zero attached hydrogens (tertiary/aromatic N) is 1. The Morgan fingerprint density at radius 3 is 2.05 bits per heavy atom. The second-order valence-corrected chi connectivity index (χ2v) is 11.7. The molecule has 0 aromatic rings. The molecule has 42 heavy (non-hydrogen) atoms. The maximum atomic E-state index is 13.0. The molecule has 0 bridgehead atoms. The first kappa shape index (κ1) is 36.2. The zero-order chi connectivity index (χ0) is 32.0. The number of urea groups is 1. The molecular weight excluding hydrogens is 576 g/mol. The smallest absolute Gasteiger partial charge is 0.312 e. The second kappa shape index (κ2) is 17.2. The van der Waals surface area contributed by atoms with E-state index in [0.29, 0.717) is 25.7 Å². The van der Waals surface area contributed by atoms with Crippen LogP contribution in [0.2, 0.25) is 0 Å². The first-order valence-corrected chi connectivity index (χ1v) is 15.0. The molecule has 0 saturated heterocycles. The number of carbonyl (C=O) groups excluding carboxylic acids is 7. The number of hydrogen-bond donors (Lipinski definition) is 6. The van der Waals surface area contributed by atoms with Crippen molar-refractivity contribution in [2.45, 2.75) is 77.4 Å². The first-order chi connectivity index (χ1) is 19.5. The van der Waals surface area contributed by atoms with Gasteiger partial charge in [-0.3, -0.25) is 38.2 Å². The number of primary amides is 1. The van der Waals surface area contributed by atoms with Crippen LogP contribution in [-0.4, -0.2) is 96.2 Å². The van der Waals surface area contributed by atoms with Crippen molar-refractivity contribution in [3.8, 4) is 0 Å². The maximum Gasteiger partial charge on any atom is 0.312 e. The van der Waals surface area contributed by atoms with Crippen LogP contribution >= 0.6 is 0 Å². The molecule has 1 heterocycles. The van der Waals surface area contributed by atoms with Crippen LogP contribution in [-0.2, 0) is 38.9 Å². The molecule has 236 valence electrons. The van der Waals surface area contributed by atoms with Gasteiger partial charge in [-0.1, -0.05) is 20.3 Å². The summed E-state index contributed by atoms with van der Waals surface area (Å²) in [6.07, 6.45) is 3.88. The molecule has 0 aromatic carbocycles.